The quantitative estimate of drug-likeness (QED) is 0.562. The molecule has 4 bridgehead atoms. The minimum atomic E-state index is -1.26. The fourth-order valence-corrected chi connectivity index (χ4v) is 7.31. The second-order valence-corrected chi connectivity index (χ2v) is 12.2. The molecule has 4 unspecified atom stereocenters. The summed E-state index contributed by atoms with van der Waals surface area (Å²) in [7, 11) is 1.56. The molecule has 186 valence electrons. The van der Waals surface area contributed by atoms with Crippen LogP contribution >= 0.6 is 0 Å². The van der Waals surface area contributed by atoms with Crippen LogP contribution in [0.4, 0.5) is 0 Å². The maximum absolute atomic E-state index is 14.4. The highest BCUT2D eigenvalue weighted by Gasteiger charge is 2.81. The van der Waals surface area contributed by atoms with Crippen LogP contribution in [0.1, 0.15) is 77.2 Å². The Labute approximate surface area is 206 Å². The monoisotopic (exact) mass is 478 g/mol. The highest BCUT2D eigenvalue weighted by molar-refractivity contribution is 6.18. The molecule has 3 aliphatic carbocycles. The zero-order valence-corrected chi connectivity index (χ0v) is 21.8. The first-order valence-corrected chi connectivity index (χ1v) is 12.6. The molecule has 1 saturated carbocycles. The molecule has 1 spiro atoms. The number of hydrogen-bond acceptors (Lipinski definition) is 6. The molecule has 0 radical (unpaired) electrons. The van der Waals surface area contributed by atoms with Gasteiger partial charge in [0.25, 0.3) is 0 Å². The normalized spacial score (nSPS) is 36.5. The van der Waals surface area contributed by atoms with Crippen molar-refractivity contribution in [1.29, 1.82) is 0 Å². The molecule has 2 fully saturated rings. The summed E-state index contributed by atoms with van der Waals surface area (Å²) in [4.78, 5) is 28.4. The number of carbonyl (C=O) groups excluding carboxylic acids is 2. The Balaban J connectivity index is 1.69. The minimum Gasteiger partial charge on any atom is -0.496 e. The molecule has 3 aliphatic heterocycles. The van der Waals surface area contributed by atoms with Crippen LogP contribution in [0.2, 0.25) is 0 Å². The molecule has 0 N–H and O–H groups in total. The van der Waals surface area contributed by atoms with Gasteiger partial charge in [0.15, 0.2) is 22.8 Å². The van der Waals surface area contributed by atoms with Gasteiger partial charge >= 0.3 is 0 Å². The summed E-state index contributed by atoms with van der Waals surface area (Å²) in [6.07, 6.45) is 4.75. The molecule has 5 atom stereocenters. The fraction of sp³-hybridized carbons (Fsp3) is 0.586. The molecular weight excluding hydrogens is 444 g/mol. The van der Waals surface area contributed by atoms with Crippen LogP contribution in [0.25, 0.3) is 0 Å². The van der Waals surface area contributed by atoms with Gasteiger partial charge in [-0.1, -0.05) is 31.6 Å². The Morgan fingerprint density at radius 1 is 1.20 bits per heavy atom. The molecule has 1 aromatic rings. The van der Waals surface area contributed by atoms with Gasteiger partial charge < -0.3 is 18.9 Å². The third-order valence-electron chi connectivity index (χ3n) is 9.29. The molecule has 6 aliphatic rings. The number of fused-ring (bicyclic) bond motifs is 3. The smallest absolute Gasteiger partial charge is 0.200 e. The van der Waals surface area contributed by atoms with Gasteiger partial charge in [0.1, 0.15) is 28.9 Å². The number of methoxy groups -OCH3 is 1. The van der Waals surface area contributed by atoms with E-state index in [0.717, 1.165) is 11.1 Å². The standard InChI is InChI=1S/C29H34O6/c1-14(2)9-10-28-25(31)16-11-17-23(30)21-18(32-8)13-19-22(26(4,5)15(3)33-19)24(21)34-29(17,28)20(12-16)27(6,7)35-28/h9,11,13,15-16,20H,10,12H2,1-8H3/t15-,16?,20?,28?,29?/m0/s1. The summed E-state index contributed by atoms with van der Waals surface area (Å²) in [6, 6.07) is 1.81. The number of Topliss-reactive ketones (excluding diaryl/α,β-unsaturated/α-hetero) is 2. The molecule has 6 nitrogen and oxygen atoms in total. The molecule has 6 heteroatoms. The Morgan fingerprint density at radius 2 is 1.91 bits per heavy atom. The molecule has 35 heavy (non-hydrogen) atoms. The zero-order chi connectivity index (χ0) is 25.3. The number of carbonyl (C=O) groups is 2. The van der Waals surface area contributed by atoms with Crippen LogP contribution in [0.15, 0.2) is 29.4 Å². The lowest BCUT2D eigenvalue weighted by atomic mass is 9.51. The van der Waals surface area contributed by atoms with Gasteiger partial charge in [-0.05, 0) is 41.0 Å². The van der Waals surface area contributed by atoms with Gasteiger partial charge in [0.2, 0.25) is 0 Å². The third-order valence-corrected chi connectivity index (χ3v) is 9.29. The maximum atomic E-state index is 14.4. The largest absolute Gasteiger partial charge is 0.496 e. The summed E-state index contributed by atoms with van der Waals surface area (Å²) in [5, 5.41) is 0. The van der Waals surface area contributed by atoms with E-state index in [9.17, 15) is 9.59 Å². The molecule has 1 saturated heterocycles. The number of ketones is 2. The Bertz CT molecular complexity index is 1260. The molecule has 3 heterocycles. The van der Waals surface area contributed by atoms with E-state index in [2.05, 4.69) is 13.8 Å². The van der Waals surface area contributed by atoms with Gasteiger partial charge in [-0.25, -0.2) is 0 Å². The number of allylic oxidation sites excluding steroid dienone is 2. The topological polar surface area (TPSA) is 71.1 Å². The van der Waals surface area contributed by atoms with Crippen LogP contribution in [-0.4, -0.2) is 41.6 Å². The zero-order valence-electron chi connectivity index (χ0n) is 21.8. The van der Waals surface area contributed by atoms with E-state index in [1.54, 1.807) is 13.2 Å². The third kappa shape index (κ3) is 2.44. The van der Waals surface area contributed by atoms with Crippen LogP contribution in [-0.2, 0) is 14.9 Å². The van der Waals surface area contributed by atoms with E-state index in [-0.39, 0.29) is 29.5 Å². The Kier molecular flexibility index (Phi) is 4.29. The summed E-state index contributed by atoms with van der Waals surface area (Å²) >= 11 is 0. The van der Waals surface area contributed by atoms with Gasteiger partial charge in [0.05, 0.1) is 12.7 Å². The summed E-state index contributed by atoms with van der Waals surface area (Å²) < 4.78 is 25.8. The van der Waals surface area contributed by atoms with E-state index in [4.69, 9.17) is 18.9 Å². The van der Waals surface area contributed by atoms with Crippen molar-refractivity contribution in [3.63, 3.8) is 0 Å². The van der Waals surface area contributed by atoms with Crippen LogP contribution in [0, 0.1) is 11.8 Å². The van der Waals surface area contributed by atoms with Crippen molar-refractivity contribution in [1.82, 2.24) is 0 Å². The first-order chi connectivity index (χ1) is 16.3. The summed E-state index contributed by atoms with van der Waals surface area (Å²) in [5.74, 6) is 0.950. The Hall–Kier alpha value is -2.60. The van der Waals surface area contributed by atoms with E-state index < -0.39 is 22.2 Å². The second kappa shape index (κ2) is 6.58. The van der Waals surface area contributed by atoms with Crippen molar-refractivity contribution in [3.8, 4) is 17.2 Å². The minimum absolute atomic E-state index is 0.0141. The van der Waals surface area contributed by atoms with E-state index in [1.807, 2.05) is 46.8 Å². The van der Waals surface area contributed by atoms with Crippen molar-refractivity contribution in [2.45, 2.75) is 89.6 Å². The van der Waals surface area contributed by atoms with Crippen molar-refractivity contribution < 1.29 is 28.5 Å². The average Bonchev–Trinajstić information content (AvgIpc) is 3.10. The van der Waals surface area contributed by atoms with E-state index in [0.29, 0.717) is 41.2 Å². The lowest BCUT2D eigenvalue weighted by Crippen LogP contribution is -2.72. The summed E-state index contributed by atoms with van der Waals surface area (Å²) in [6.45, 7) is 14.3. The van der Waals surface area contributed by atoms with Gasteiger partial charge in [-0.3, -0.25) is 9.59 Å². The Morgan fingerprint density at radius 3 is 2.57 bits per heavy atom. The van der Waals surface area contributed by atoms with Gasteiger partial charge in [-0.2, -0.15) is 0 Å². The van der Waals surface area contributed by atoms with Gasteiger partial charge in [0, 0.05) is 40.9 Å². The van der Waals surface area contributed by atoms with Crippen molar-refractivity contribution in [3.05, 3.63) is 40.5 Å². The van der Waals surface area contributed by atoms with E-state index >= 15 is 0 Å². The predicted octanol–water partition coefficient (Wildman–Crippen LogP) is 5.12. The van der Waals surface area contributed by atoms with Crippen LogP contribution in [0.3, 0.4) is 0 Å². The number of rotatable bonds is 3. The highest BCUT2D eigenvalue weighted by atomic mass is 16.6. The molecule has 0 aromatic heterocycles. The number of benzene rings is 1. The number of ether oxygens (including phenoxy) is 4. The first-order valence-electron chi connectivity index (χ1n) is 12.6. The number of hydrogen-bond donors (Lipinski definition) is 0. The molecule has 7 rings (SSSR count). The second-order valence-electron chi connectivity index (χ2n) is 12.2. The van der Waals surface area contributed by atoms with Crippen LogP contribution in [0.5, 0.6) is 17.2 Å². The fourth-order valence-electron chi connectivity index (χ4n) is 7.31. The van der Waals surface area contributed by atoms with Crippen molar-refractivity contribution >= 4 is 11.6 Å². The first kappa shape index (κ1) is 22.8. The average molecular weight is 479 g/mol. The lowest BCUT2D eigenvalue weighted by Gasteiger charge is -2.56. The SMILES string of the molecule is COc1cc2c(c3c1C(=O)C1=CC4CC5C(C)(C)OC(CC=C(C)C)(C4=O)C15O3)C(C)(C)[C@H](C)O2. The maximum Gasteiger partial charge on any atom is 0.200 e. The highest BCUT2D eigenvalue weighted by Crippen LogP contribution is 2.69. The van der Waals surface area contributed by atoms with Crippen molar-refractivity contribution in [2.75, 3.05) is 7.11 Å². The lowest BCUT2D eigenvalue weighted by molar-refractivity contribution is -0.171. The predicted molar refractivity (Wildman–Crippen MR) is 130 cm³/mol. The van der Waals surface area contributed by atoms with Gasteiger partial charge in [-0.15, -0.1) is 0 Å². The van der Waals surface area contributed by atoms with Crippen LogP contribution < -0.4 is 14.2 Å². The summed E-state index contributed by atoms with van der Waals surface area (Å²) in [5.41, 5.74) is -0.582. The van der Waals surface area contributed by atoms with Crippen molar-refractivity contribution in [2.24, 2.45) is 11.8 Å². The van der Waals surface area contributed by atoms with E-state index in [1.165, 1.54) is 0 Å². The molecule has 0 amide bonds. The molecule has 1 aromatic carbocycles. The molecular formula is C29H34O6.